The van der Waals surface area contributed by atoms with Gasteiger partial charge in [-0.3, -0.25) is 4.90 Å². The quantitative estimate of drug-likeness (QED) is 0.499. The lowest BCUT2D eigenvalue weighted by atomic mass is 11.0. The highest BCUT2D eigenvalue weighted by molar-refractivity contribution is 7.89. The molecule has 0 amide bonds. The first-order valence-corrected chi connectivity index (χ1v) is 4.58. The summed E-state index contributed by atoms with van der Waals surface area (Å²) in [6, 6.07) is 0. The van der Waals surface area contributed by atoms with Crippen LogP contribution in [0.5, 0.6) is 0 Å². The molecule has 0 radical (unpaired) electrons. The van der Waals surface area contributed by atoms with Crippen molar-refractivity contribution in [2.45, 2.75) is 5.37 Å². The zero-order chi connectivity index (χ0) is 7.94. The molecule has 2 unspecified atom stereocenters. The van der Waals surface area contributed by atoms with Crippen LogP contribution in [-0.2, 0) is 10.0 Å². The molecule has 0 spiro atoms. The Hall–Kier alpha value is -0.130. The standard InChI is InChI=1S/C5H12N2O2S/c1-6(2)10(8,9)5-4-7(5)3/h5H,4H2,1-3H3. The van der Waals surface area contributed by atoms with Crippen molar-refractivity contribution in [1.29, 1.82) is 0 Å². The van der Waals surface area contributed by atoms with Crippen LogP contribution in [0.25, 0.3) is 0 Å². The summed E-state index contributed by atoms with van der Waals surface area (Å²) in [6.07, 6.45) is 0. The molecule has 1 aliphatic heterocycles. The Balaban J connectivity index is 2.72. The van der Waals surface area contributed by atoms with Crippen molar-refractivity contribution in [2.24, 2.45) is 0 Å². The fourth-order valence-corrected chi connectivity index (χ4v) is 2.13. The first-order valence-electron chi connectivity index (χ1n) is 3.08. The van der Waals surface area contributed by atoms with Crippen LogP contribution in [0.3, 0.4) is 0 Å². The molecular formula is C5H12N2O2S. The first kappa shape index (κ1) is 7.97. The molecule has 60 valence electrons. The van der Waals surface area contributed by atoms with Gasteiger partial charge in [-0.15, -0.1) is 0 Å². The predicted molar refractivity (Wildman–Crippen MR) is 39.0 cm³/mol. The Labute approximate surface area is 61.5 Å². The van der Waals surface area contributed by atoms with Crippen LogP contribution in [0, 0.1) is 0 Å². The normalized spacial score (nSPS) is 32.8. The largest absolute Gasteiger partial charge is 0.285 e. The molecule has 0 aliphatic carbocycles. The Morgan fingerprint density at radius 1 is 1.50 bits per heavy atom. The fraction of sp³-hybridized carbons (Fsp3) is 1.00. The van der Waals surface area contributed by atoms with E-state index in [1.54, 1.807) is 26.0 Å². The Morgan fingerprint density at radius 3 is 2.00 bits per heavy atom. The third-order valence-corrected chi connectivity index (χ3v) is 3.87. The van der Waals surface area contributed by atoms with E-state index >= 15 is 0 Å². The Bertz CT molecular complexity index is 222. The minimum absolute atomic E-state index is 0.262. The molecule has 0 N–H and O–H groups in total. The lowest BCUT2D eigenvalue weighted by Crippen LogP contribution is -2.28. The average Bonchev–Trinajstić information content (AvgIpc) is 2.46. The molecule has 0 aromatic heterocycles. The highest BCUT2D eigenvalue weighted by Crippen LogP contribution is 2.21. The average molecular weight is 164 g/mol. The van der Waals surface area contributed by atoms with E-state index in [9.17, 15) is 8.42 Å². The van der Waals surface area contributed by atoms with Crippen LogP contribution >= 0.6 is 0 Å². The van der Waals surface area contributed by atoms with Gasteiger partial charge in [0.15, 0.2) is 0 Å². The number of nitrogens with zero attached hydrogens (tertiary/aromatic N) is 2. The lowest BCUT2D eigenvalue weighted by molar-refractivity contribution is 0.507. The van der Waals surface area contributed by atoms with Crippen molar-refractivity contribution in [3.05, 3.63) is 0 Å². The SMILES string of the molecule is CN1CC1S(=O)(=O)N(C)C. The van der Waals surface area contributed by atoms with Crippen molar-refractivity contribution in [3.63, 3.8) is 0 Å². The van der Waals surface area contributed by atoms with Crippen molar-refractivity contribution in [1.82, 2.24) is 9.21 Å². The molecule has 1 fully saturated rings. The van der Waals surface area contributed by atoms with Gasteiger partial charge in [-0.2, -0.15) is 0 Å². The fourth-order valence-electron chi connectivity index (χ4n) is 0.764. The minimum atomic E-state index is -2.99. The van der Waals surface area contributed by atoms with Gasteiger partial charge in [0.05, 0.1) is 0 Å². The van der Waals surface area contributed by atoms with Gasteiger partial charge in [0, 0.05) is 20.6 Å². The minimum Gasteiger partial charge on any atom is -0.285 e. The Morgan fingerprint density at radius 2 is 1.90 bits per heavy atom. The van der Waals surface area contributed by atoms with Crippen molar-refractivity contribution in [2.75, 3.05) is 27.7 Å². The predicted octanol–water partition coefficient (Wildman–Crippen LogP) is -0.851. The highest BCUT2D eigenvalue weighted by Gasteiger charge is 2.43. The summed E-state index contributed by atoms with van der Waals surface area (Å²) < 4.78 is 23.6. The molecule has 1 heterocycles. The van der Waals surface area contributed by atoms with Crippen LogP contribution in [-0.4, -0.2) is 50.7 Å². The van der Waals surface area contributed by atoms with Crippen LogP contribution in [0.1, 0.15) is 0 Å². The first-order chi connectivity index (χ1) is 4.46. The van der Waals surface area contributed by atoms with E-state index in [2.05, 4.69) is 0 Å². The number of sulfonamides is 1. The molecule has 0 bridgehead atoms. The topological polar surface area (TPSA) is 40.4 Å². The number of hydrogen-bond donors (Lipinski definition) is 0. The van der Waals surface area contributed by atoms with E-state index in [4.69, 9.17) is 0 Å². The van der Waals surface area contributed by atoms with E-state index in [1.165, 1.54) is 4.31 Å². The zero-order valence-corrected chi connectivity index (χ0v) is 7.22. The van der Waals surface area contributed by atoms with Gasteiger partial charge in [0.2, 0.25) is 10.0 Å². The third-order valence-electron chi connectivity index (χ3n) is 1.65. The summed E-state index contributed by atoms with van der Waals surface area (Å²) in [5.74, 6) is 0. The molecule has 4 nitrogen and oxygen atoms in total. The van der Waals surface area contributed by atoms with Gasteiger partial charge < -0.3 is 0 Å². The summed E-state index contributed by atoms with van der Waals surface area (Å²) in [4.78, 5) is 1.79. The van der Waals surface area contributed by atoms with Crippen LogP contribution < -0.4 is 0 Å². The van der Waals surface area contributed by atoms with Crippen LogP contribution in [0.15, 0.2) is 0 Å². The van der Waals surface area contributed by atoms with Gasteiger partial charge in [0.25, 0.3) is 0 Å². The van der Waals surface area contributed by atoms with Gasteiger partial charge in [0.1, 0.15) is 5.37 Å². The molecule has 1 rings (SSSR count). The van der Waals surface area contributed by atoms with Crippen LogP contribution in [0.2, 0.25) is 0 Å². The summed E-state index contributed by atoms with van der Waals surface area (Å²) in [5, 5.41) is -0.262. The maximum absolute atomic E-state index is 11.2. The smallest absolute Gasteiger partial charge is 0.231 e. The molecule has 0 saturated carbocycles. The molecule has 5 heteroatoms. The summed E-state index contributed by atoms with van der Waals surface area (Å²) >= 11 is 0. The second-order valence-electron chi connectivity index (χ2n) is 2.72. The van der Waals surface area contributed by atoms with E-state index < -0.39 is 10.0 Å². The molecule has 10 heavy (non-hydrogen) atoms. The number of rotatable bonds is 2. The van der Waals surface area contributed by atoms with Gasteiger partial charge >= 0.3 is 0 Å². The van der Waals surface area contributed by atoms with Crippen LogP contribution in [0.4, 0.5) is 0 Å². The Kier molecular flexibility index (Phi) is 1.74. The molecular weight excluding hydrogens is 152 g/mol. The maximum Gasteiger partial charge on any atom is 0.231 e. The molecule has 1 aliphatic rings. The molecule has 0 aromatic rings. The van der Waals surface area contributed by atoms with E-state index in [1.807, 2.05) is 0 Å². The van der Waals surface area contributed by atoms with Crippen molar-refractivity contribution >= 4 is 10.0 Å². The summed E-state index contributed by atoms with van der Waals surface area (Å²) in [5.41, 5.74) is 0. The lowest BCUT2D eigenvalue weighted by Gasteiger charge is -2.09. The second kappa shape index (κ2) is 2.18. The van der Waals surface area contributed by atoms with E-state index in [0.717, 1.165) is 0 Å². The van der Waals surface area contributed by atoms with Gasteiger partial charge in [-0.05, 0) is 7.05 Å². The molecule has 0 aromatic carbocycles. The van der Waals surface area contributed by atoms with Gasteiger partial charge in [-0.1, -0.05) is 0 Å². The summed E-state index contributed by atoms with van der Waals surface area (Å²) in [6.45, 7) is 0.667. The highest BCUT2D eigenvalue weighted by atomic mass is 32.2. The number of hydrogen-bond acceptors (Lipinski definition) is 3. The van der Waals surface area contributed by atoms with E-state index in [-0.39, 0.29) is 5.37 Å². The summed E-state index contributed by atoms with van der Waals surface area (Å²) in [7, 11) is 1.92. The van der Waals surface area contributed by atoms with Crippen molar-refractivity contribution < 1.29 is 8.42 Å². The molecule has 1 saturated heterocycles. The van der Waals surface area contributed by atoms with Crippen molar-refractivity contribution in [3.8, 4) is 0 Å². The maximum atomic E-state index is 11.2. The molecule has 2 atom stereocenters. The zero-order valence-electron chi connectivity index (χ0n) is 6.40. The number of likely N-dealkylation sites (N-methyl/N-ethyl adjacent to an activating group) is 1. The van der Waals surface area contributed by atoms with E-state index in [0.29, 0.717) is 6.54 Å². The second-order valence-corrected chi connectivity index (χ2v) is 5.03. The third kappa shape index (κ3) is 1.16. The monoisotopic (exact) mass is 164 g/mol. The van der Waals surface area contributed by atoms with Gasteiger partial charge in [-0.25, -0.2) is 12.7 Å².